The zero-order chi connectivity index (χ0) is 20.8. The zero-order valence-electron chi connectivity index (χ0n) is 16.6. The van der Waals surface area contributed by atoms with E-state index in [4.69, 9.17) is 4.52 Å². The number of nitrogens with zero attached hydrogens (tertiary/aromatic N) is 4. The third-order valence-electron chi connectivity index (χ3n) is 5.42. The van der Waals surface area contributed by atoms with Crippen molar-refractivity contribution in [2.75, 3.05) is 19.6 Å². The van der Waals surface area contributed by atoms with Gasteiger partial charge in [0.15, 0.2) is 0 Å². The molecule has 0 aliphatic carbocycles. The van der Waals surface area contributed by atoms with Crippen molar-refractivity contribution in [2.24, 2.45) is 5.92 Å². The first-order valence-electron chi connectivity index (χ1n) is 10.2. The summed E-state index contributed by atoms with van der Waals surface area (Å²) in [4.78, 5) is 22.8. The Kier molecular flexibility index (Phi) is 6.44. The Balaban J connectivity index is 1.18. The summed E-state index contributed by atoms with van der Waals surface area (Å²) in [6, 6.07) is 10.2. The van der Waals surface area contributed by atoms with Crippen LogP contribution in [-0.2, 0) is 6.54 Å². The van der Waals surface area contributed by atoms with E-state index in [0.29, 0.717) is 18.4 Å². The standard InChI is InChI=1S/C22H24FN5O2/c23-19-3-1-17(2-4-19)15-28-13-8-16(9-14-28)5-12-25-21(29)20-26-22(30-27-20)18-6-10-24-11-7-18/h1-4,6-7,10-11,16H,5,8-9,12-15H2,(H,25,29). The Bertz CT molecular complexity index is 953. The molecule has 7 nitrogen and oxygen atoms in total. The van der Waals surface area contributed by atoms with Crippen molar-refractivity contribution in [1.29, 1.82) is 0 Å². The fourth-order valence-electron chi connectivity index (χ4n) is 3.68. The van der Waals surface area contributed by atoms with Gasteiger partial charge in [0.1, 0.15) is 5.82 Å². The Morgan fingerprint density at radius 2 is 1.87 bits per heavy atom. The van der Waals surface area contributed by atoms with Crippen molar-refractivity contribution in [3.8, 4) is 11.5 Å². The van der Waals surface area contributed by atoms with E-state index in [1.165, 1.54) is 12.1 Å². The lowest BCUT2D eigenvalue weighted by Crippen LogP contribution is -2.35. The zero-order valence-corrected chi connectivity index (χ0v) is 16.6. The lowest BCUT2D eigenvalue weighted by atomic mass is 9.93. The molecule has 1 aliphatic rings. The molecule has 3 heterocycles. The smallest absolute Gasteiger partial charge is 0.292 e. The highest BCUT2D eigenvalue weighted by atomic mass is 19.1. The lowest BCUT2D eigenvalue weighted by Gasteiger charge is -2.32. The van der Waals surface area contributed by atoms with Gasteiger partial charge in [-0.1, -0.05) is 17.3 Å². The van der Waals surface area contributed by atoms with Gasteiger partial charge in [-0.3, -0.25) is 14.7 Å². The maximum Gasteiger partial charge on any atom is 0.292 e. The highest BCUT2D eigenvalue weighted by Gasteiger charge is 2.20. The van der Waals surface area contributed by atoms with Crippen LogP contribution < -0.4 is 5.32 Å². The van der Waals surface area contributed by atoms with Gasteiger partial charge in [-0.2, -0.15) is 4.98 Å². The number of carbonyl (C=O) groups is 1. The van der Waals surface area contributed by atoms with Crippen LogP contribution in [0.15, 0.2) is 53.3 Å². The summed E-state index contributed by atoms with van der Waals surface area (Å²) in [5, 5.41) is 6.65. The van der Waals surface area contributed by atoms with Crippen LogP contribution in [0.2, 0.25) is 0 Å². The normalized spacial score (nSPS) is 15.2. The minimum Gasteiger partial charge on any atom is -0.349 e. The largest absolute Gasteiger partial charge is 0.349 e. The molecule has 30 heavy (non-hydrogen) atoms. The topological polar surface area (TPSA) is 84.2 Å². The SMILES string of the molecule is O=C(NCCC1CCN(Cc2ccc(F)cc2)CC1)c1noc(-c2ccncc2)n1. The van der Waals surface area contributed by atoms with Crippen molar-refractivity contribution >= 4 is 5.91 Å². The monoisotopic (exact) mass is 409 g/mol. The van der Waals surface area contributed by atoms with E-state index in [2.05, 4.69) is 25.3 Å². The van der Waals surface area contributed by atoms with Gasteiger partial charge in [-0.15, -0.1) is 0 Å². The molecule has 1 aliphatic heterocycles. The number of pyridine rings is 1. The number of carbonyl (C=O) groups excluding carboxylic acids is 1. The Hall–Kier alpha value is -3.13. The Morgan fingerprint density at radius 3 is 2.60 bits per heavy atom. The maximum absolute atomic E-state index is 13.0. The minimum atomic E-state index is -0.326. The van der Waals surface area contributed by atoms with Gasteiger partial charge in [0, 0.05) is 31.0 Å². The number of rotatable bonds is 7. The summed E-state index contributed by atoms with van der Waals surface area (Å²) in [5.41, 5.74) is 1.86. The predicted molar refractivity (Wildman–Crippen MR) is 109 cm³/mol. The summed E-state index contributed by atoms with van der Waals surface area (Å²) < 4.78 is 18.2. The van der Waals surface area contributed by atoms with E-state index in [9.17, 15) is 9.18 Å². The van der Waals surface area contributed by atoms with Crippen LogP contribution in [0.1, 0.15) is 35.4 Å². The van der Waals surface area contributed by atoms with Crippen molar-refractivity contribution in [3.05, 3.63) is 66.0 Å². The highest BCUT2D eigenvalue weighted by molar-refractivity contribution is 5.90. The molecule has 0 radical (unpaired) electrons. The molecule has 1 fully saturated rings. The van der Waals surface area contributed by atoms with E-state index >= 15 is 0 Å². The number of amides is 1. The van der Waals surface area contributed by atoms with Crippen molar-refractivity contribution in [3.63, 3.8) is 0 Å². The highest BCUT2D eigenvalue weighted by Crippen LogP contribution is 2.21. The van der Waals surface area contributed by atoms with Crippen LogP contribution in [0.5, 0.6) is 0 Å². The van der Waals surface area contributed by atoms with Crippen molar-refractivity contribution in [1.82, 2.24) is 25.3 Å². The average Bonchev–Trinajstić information content (AvgIpc) is 3.28. The summed E-state index contributed by atoms with van der Waals surface area (Å²) in [6.45, 7) is 3.45. The van der Waals surface area contributed by atoms with Crippen LogP contribution in [0.25, 0.3) is 11.5 Å². The Morgan fingerprint density at radius 1 is 1.13 bits per heavy atom. The molecule has 0 unspecified atom stereocenters. The molecule has 1 N–H and O–H groups in total. The summed E-state index contributed by atoms with van der Waals surface area (Å²) in [6.07, 6.45) is 6.36. The lowest BCUT2D eigenvalue weighted by molar-refractivity contribution is 0.0934. The molecule has 0 bridgehead atoms. The predicted octanol–water partition coefficient (Wildman–Crippen LogP) is 3.30. The van der Waals surface area contributed by atoms with E-state index in [0.717, 1.165) is 50.0 Å². The third-order valence-corrected chi connectivity index (χ3v) is 5.42. The number of halogens is 1. The van der Waals surface area contributed by atoms with Crippen molar-refractivity contribution in [2.45, 2.75) is 25.8 Å². The molecule has 0 saturated carbocycles. The molecule has 0 atom stereocenters. The fourth-order valence-corrected chi connectivity index (χ4v) is 3.68. The van der Waals surface area contributed by atoms with Gasteiger partial charge in [-0.05, 0) is 68.1 Å². The number of piperidine rings is 1. The number of hydrogen-bond donors (Lipinski definition) is 1. The third kappa shape index (κ3) is 5.27. The maximum atomic E-state index is 13.0. The molecule has 8 heteroatoms. The summed E-state index contributed by atoms with van der Waals surface area (Å²) in [7, 11) is 0. The second-order valence-corrected chi connectivity index (χ2v) is 7.55. The first-order valence-corrected chi connectivity index (χ1v) is 10.2. The quantitative estimate of drug-likeness (QED) is 0.645. The molecular formula is C22H24FN5O2. The number of likely N-dealkylation sites (tertiary alicyclic amines) is 1. The second-order valence-electron chi connectivity index (χ2n) is 7.55. The first-order chi connectivity index (χ1) is 14.7. The fraction of sp³-hybridized carbons (Fsp3) is 0.364. The molecule has 4 rings (SSSR count). The van der Waals surface area contributed by atoms with Gasteiger partial charge in [0.25, 0.3) is 17.6 Å². The molecule has 0 spiro atoms. The van der Waals surface area contributed by atoms with Crippen LogP contribution in [0, 0.1) is 11.7 Å². The van der Waals surface area contributed by atoms with E-state index in [1.54, 1.807) is 24.5 Å². The van der Waals surface area contributed by atoms with Crippen LogP contribution in [0.4, 0.5) is 4.39 Å². The molecular weight excluding hydrogens is 385 g/mol. The number of benzene rings is 1. The van der Waals surface area contributed by atoms with E-state index < -0.39 is 0 Å². The summed E-state index contributed by atoms with van der Waals surface area (Å²) in [5.74, 6) is 0.390. The second kappa shape index (κ2) is 9.58. The van der Waals surface area contributed by atoms with Crippen molar-refractivity contribution < 1.29 is 13.7 Å². The molecule has 2 aromatic heterocycles. The molecule has 3 aromatic rings. The van der Waals surface area contributed by atoms with Gasteiger partial charge in [-0.25, -0.2) is 4.39 Å². The van der Waals surface area contributed by atoms with Crippen LogP contribution in [-0.4, -0.2) is 45.6 Å². The van der Waals surface area contributed by atoms with Crippen LogP contribution >= 0.6 is 0 Å². The van der Waals surface area contributed by atoms with Crippen LogP contribution in [0.3, 0.4) is 0 Å². The van der Waals surface area contributed by atoms with Gasteiger partial charge in [0.2, 0.25) is 0 Å². The number of nitrogens with one attached hydrogen (secondary N) is 1. The molecule has 1 aromatic carbocycles. The molecule has 1 amide bonds. The molecule has 1 saturated heterocycles. The van der Waals surface area contributed by atoms with Gasteiger partial charge in [0.05, 0.1) is 0 Å². The average molecular weight is 409 g/mol. The Labute approximate surface area is 174 Å². The number of hydrogen-bond acceptors (Lipinski definition) is 6. The minimum absolute atomic E-state index is 0.0379. The first kappa shape index (κ1) is 20.2. The molecule has 156 valence electrons. The van der Waals surface area contributed by atoms with Gasteiger partial charge < -0.3 is 9.84 Å². The van der Waals surface area contributed by atoms with Gasteiger partial charge >= 0.3 is 0 Å². The van der Waals surface area contributed by atoms with E-state index in [-0.39, 0.29) is 17.5 Å². The van der Waals surface area contributed by atoms with E-state index in [1.807, 2.05) is 12.1 Å². The summed E-state index contributed by atoms with van der Waals surface area (Å²) >= 11 is 0. The number of aromatic nitrogens is 3.